The molecular weight excluding hydrogens is 165 g/mol. The highest BCUT2D eigenvalue weighted by atomic mass is 19.2. The second kappa shape index (κ2) is 2.31. The number of nitrogens with one attached hydrogen (secondary N) is 1. The number of nitrogens with zero attached hydrogens (tertiary/aromatic N) is 4. The Morgan fingerprint density at radius 1 is 1.58 bits per heavy atom. The average Bonchev–Trinajstić information content (AvgIpc) is 2.28. The molecular formula is C5H8FN5O. The van der Waals surface area contributed by atoms with Gasteiger partial charge in [0.05, 0.1) is 6.54 Å². The number of fused-ring (bicyclic) bond motifs is 1. The molecule has 1 aliphatic rings. The lowest BCUT2D eigenvalue weighted by Crippen LogP contribution is -2.36. The van der Waals surface area contributed by atoms with Crippen molar-refractivity contribution >= 4 is 5.95 Å². The normalized spacial score (nSPS) is 17.2. The zero-order chi connectivity index (χ0) is 8.72. The summed E-state index contributed by atoms with van der Waals surface area (Å²) >= 11 is 0. The maximum Gasteiger partial charge on any atom is 0.395 e. The molecule has 0 bridgehead atoms. The van der Waals surface area contributed by atoms with Crippen molar-refractivity contribution in [2.24, 2.45) is 0 Å². The molecule has 7 heteroatoms. The molecule has 0 saturated heterocycles. The fraction of sp³-hybridized carbons (Fsp3) is 0.600. The third kappa shape index (κ3) is 0.900. The number of hydrazine groups is 1. The number of rotatable bonds is 0. The fourth-order valence-corrected chi connectivity index (χ4v) is 1.12. The van der Waals surface area contributed by atoms with E-state index in [0.29, 0.717) is 13.1 Å². The van der Waals surface area contributed by atoms with Crippen LogP contribution in [0.15, 0.2) is 4.79 Å². The molecule has 0 amide bonds. The summed E-state index contributed by atoms with van der Waals surface area (Å²) in [5.41, 5.74) is 1.86. The molecule has 0 fully saturated rings. The molecule has 1 aliphatic heterocycles. The van der Waals surface area contributed by atoms with Gasteiger partial charge in [-0.15, -0.1) is 0 Å². The Labute approximate surface area is 67.1 Å². The van der Waals surface area contributed by atoms with Crippen molar-refractivity contribution in [2.75, 3.05) is 19.0 Å². The van der Waals surface area contributed by atoms with Gasteiger partial charge in [0.2, 0.25) is 5.95 Å². The van der Waals surface area contributed by atoms with Gasteiger partial charge in [0, 0.05) is 13.6 Å². The number of hydrogen-bond donors (Lipinski definition) is 1. The van der Waals surface area contributed by atoms with Gasteiger partial charge in [0.15, 0.2) is 0 Å². The average molecular weight is 173 g/mol. The van der Waals surface area contributed by atoms with Crippen LogP contribution in [0.5, 0.6) is 0 Å². The van der Waals surface area contributed by atoms with Crippen LogP contribution in [-0.2, 0) is 6.54 Å². The molecule has 2 heterocycles. The van der Waals surface area contributed by atoms with Crippen LogP contribution in [0.1, 0.15) is 0 Å². The summed E-state index contributed by atoms with van der Waals surface area (Å²) < 4.78 is 14.0. The molecule has 0 saturated carbocycles. The minimum absolute atomic E-state index is 0.00926. The minimum Gasteiger partial charge on any atom is -0.287 e. The third-order valence-corrected chi connectivity index (χ3v) is 1.75. The molecule has 2 rings (SSSR count). The summed E-state index contributed by atoms with van der Waals surface area (Å²) in [6, 6.07) is 0. The van der Waals surface area contributed by atoms with E-state index in [0.717, 1.165) is 4.68 Å². The van der Waals surface area contributed by atoms with Crippen molar-refractivity contribution in [1.29, 1.82) is 0 Å². The maximum atomic E-state index is 12.8. The smallest absolute Gasteiger partial charge is 0.287 e. The second-order valence-corrected chi connectivity index (χ2v) is 2.63. The monoisotopic (exact) mass is 173 g/mol. The molecule has 1 aromatic rings. The maximum absolute atomic E-state index is 12.8. The lowest BCUT2D eigenvalue weighted by Gasteiger charge is -2.24. The predicted octanol–water partition coefficient (Wildman–Crippen LogP) is -0.950. The van der Waals surface area contributed by atoms with E-state index in [9.17, 15) is 9.28 Å². The third-order valence-electron chi connectivity index (χ3n) is 1.75. The van der Waals surface area contributed by atoms with Crippen LogP contribution in [0.4, 0.5) is 10.4 Å². The van der Waals surface area contributed by atoms with Gasteiger partial charge in [-0.2, -0.15) is 4.98 Å². The Bertz CT molecular complexity index is 355. The first-order valence-electron chi connectivity index (χ1n) is 3.52. The summed E-state index contributed by atoms with van der Waals surface area (Å²) in [4.78, 5) is 14.2. The number of aromatic nitrogens is 3. The Kier molecular flexibility index (Phi) is 1.40. The Hall–Kier alpha value is -1.37. The number of likely N-dealkylation sites (N-methyl/N-ethyl adjacent to an activating group) is 1. The van der Waals surface area contributed by atoms with Crippen molar-refractivity contribution in [3.8, 4) is 0 Å². The zero-order valence-electron chi connectivity index (χ0n) is 6.49. The minimum atomic E-state index is -0.882. The van der Waals surface area contributed by atoms with Gasteiger partial charge in [-0.25, -0.2) is 14.5 Å². The van der Waals surface area contributed by atoms with E-state index in [-0.39, 0.29) is 10.9 Å². The summed E-state index contributed by atoms with van der Waals surface area (Å²) in [6.45, 7) is 1.05. The summed E-state index contributed by atoms with van der Waals surface area (Å²) in [5.74, 6) is 0.247. The number of halogens is 1. The van der Waals surface area contributed by atoms with Crippen molar-refractivity contribution in [2.45, 2.75) is 6.54 Å². The molecule has 0 aliphatic carbocycles. The highest BCUT2D eigenvalue weighted by Gasteiger charge is 2.18. The molecule has 0 aromatic carbocycles. The van der Waals surface area contributed by atoms with Crippen molar-refractivity contribution < 1.29 is 4.48 Å². The quantitative estimate of drug-likeness (QED) is 0.549. The van der Waals surface area contributed by atoms with E-state index in [1.807, 2.05) is 0 Å². The van der Waals surface area contributed by atoms with E-state index in [2.05, 4.69) is 10.4 Å². The van der Waals surface area contributed by atoms with Crippen LogP contribution < -0.4 is 11.1 Å². The molecule has 0 radical (unpaired) electrons. The fourth-order valence-electron chi connectivity index (χ4n) is 1.12. The molecule has 1 N–H and O–H groups in total. The van der Waals surface area contributed by atoms with E-state index >= 15 is 0 Å². The van der Waals surface area contributed by atoms with Gasteiger partial charge in [0.25, 0.3) is 0 Å². The molecule has 6 nitrogen and oxygen atoms in total. The zero-order valence-corrected chi connectivity index (χ0v) is 6.49. The van der Waals surface area contributed by atoms with Gasteiger partial charge in [0.1, 0.15) is 0 Å². The number of hydrogen-bond acceptors (Lipinski definition) is 4. The Morgan fingerprint density at radius 3 is 3.08 bits per heavy atom. The van der Waals surface area contributed by atoms with Crippen LogP contribution in [0, 0.1) is 0 Å². The largest absolute Gasteiger partial charge is 0.395 e. The van der Waals surface area contributed by atoms with Crippen LogP contribution in [-0.4, -0.2) is 33.2 Å². The molecule has 66 valence electrons. The van der Waals surface area contributed by atoms with Crippen LogP contribution in [0.3, 0.4) is 0 Å². The lowest BCUT2D eigenvalue weighted by atomic mass is 10.6. The molecule has 1 aromatic heterocycles. The Morgan fingerprint density at radius 2 is 2.33 bits per heavy atom. The standard InChI is InChI=1S/C5H8FN5O/c1-9-2-3-10-4(8-9)7-5(12)11(10)6/h2-3H2,1H3,(H,7,8,12). The summed E-state index contributed by atoms with van der Waals surface area (Å²) in [6.07, 6.45) is 0. The predicted molar refractivity (Wildman–Crippen MR) is 39.2 cm³/mol. The molecule has 0 atom stereocenters. The summed E-state index contributed by atoms with van der Waals surface area (Å²) in [7, 11) is 1.80. The Balaban J connectivity index is 2.50. The first kappa shape index (κ1) is 7.29. The highest BCUT2D eigenvalue weighted by Crippen LogP contribution is 2.07. The highest BCUT2D eigenvalue weighted by molar-refractivity contribution is 5.22. The van der Waals surface area contributed by atoms with Gasteiger partial charge in [-0.1, -0.05) is 9.39 Å². The van der Waals surface area contributed by atoms with Crippen LogP contribution in [0.25, 0.3) is 0 Å². The van der Waals surface area contributed by atoms with Crippen LogP contribution >= 0.6 is 0 Å². The molecule has 0 spiro atoms. The van der Waals surface area contributed by atoms with E-state index in [4.69, 9.17) is 0 Å². The van der Waals surface area contributed by atoms with E-state index in [1.165, 1.54) is 0 Å². The van der Waals surface area contributed by atoms with E-state index < -0.39 is 5.69 Å². The second-order valence-electron chi connectivity index (χ2n) is 2.63. The van der Waals surface area contributed by atoms with Gasteiger partial charge in [-0.3, -0.25) is 5.43 Å². The van der Waals surface area contributed by atoms with Gasteiger partial charge >= 0.3 is 5.69 Å². The van der Waals surface area contributed by atoms with Crippen LogP contribution in [0.2, 0.25) is 0 Å². The topological polar surface area (TPSA) is 55.1 Å². The summed E-state index contributed by atoms with van der Waals surface area (Å²) in [5, 5.41) is 1.74. The van der Waals surface area contributed by atoms with Crippen molar-refractivity contribution in [3.63, 3.8) is 0 Å². The molecule has 0 unspecified atom stereocenters. The SMILES string of the molecule is CN1CCn2c(nc(=O)n2F)N1. The molecule has 12 heavy (non-hydrogen) atoms. The number of anilines is 1. The first-order valence-corrected chi connectivity index (χ1v) is 3.52. The van der Waals surface area contributed by atoms with Crippen molar-refractivity contribution in [3.05, 3.63) is 10.5 Å². The van der Waals surface area contributed by atoms with Gasteiger partial charge in [-0.05, 0) is 0 Å². The van der Waals surface area contributed by atoms with Gasteiger partial charge < -0.3 is 0 Å². The van der Waals surface area contributed by atoms with Crippen molar-refractivity contribution in [1.82, 2.24) is 19.6 Å². The lowest BCUT2D eigenvalue weighted by molar-refractivity contribution is 0.209. The first-order chi connectivity index (χ1) is 5.68. The van der Waals surface area contributed by atoms with E-state index in [1.54, 1.807) is 12.1 Å².